The molecule has 0 saturated carbocycles. The fourth-order valence-electron chi connectivity index (χ4n) is 2.92. The first-order valence-electron chi connectivity index (χ1n) is 8.83. The van der Waals surface area contributed by atoms with Gasteiger partial charge < -0.3 is 14.3 Å². The van der Waals surface area contributed by atoms with Gasteiger partial charge >= 0.3 is 5.97 Å². The number of fused-ring (bicyclic) bond motifs is 1. The molecule has 0 aliphatic rings. The van der Waals surface area contributed by atoms with E-state index in [9.17, 15) is 9.90 Å². The van der Waals surface area contributed by atoms with Gasteiger partial charge in [0.15, 0.2) is 0 Å². The van der Waals surface area contributed by atoms with Crippen LogP contribution in [0.5, 0.6) is 5.75 Å². The van der Waals surface area contributed by atoms with Crippen molar-refractivity contribution in [1.29, 1.82) is 0 Å². The summed E-state index contributed by atoms with van der Waals surface area (Å²) in [7, 11) is 1.55. The maximum Gasteiger partial charge on any atom is 0.342 e. The first kappa shape index (κ1) is 20.0. The zero-order valence-corrected chi connectivity index (χ0v) is 17.3. The molecule has 8 heteroatoms. The van der Waals surface area contributed by atoms with Crippen molar-refractivity contribution in [2.24, 2.45) is 0 Å². The Morgan fingerprint density at radius 3 is 2.60 bits per heavy atom. The topological polar surface area (TPSA) is 85.5 Å². The third-order valence-corrected chi connectivity index (χ3v) is 5.44. The van der Waals surface area contributed by atoms with E-state index in [1.165, 1.54) is 0 Å². The fourth-order valence-corrected chi connectivity index (χ4v) is 3.70. The molecule has 0 bridgehead atoms. The number of halogens is 1. The molecule has 6 nitrogen and oxygen atoms in total. The molecule has 0 unspecified atom stereocenters. The minimum Gasteiger partial charge on any atom is -0.496 e. The number of nitrogens with zero attached hydrogens (tertiary/aromatic N) is 2. The third-order valence-electron chi connectivity index (χ3n) is 4.33. The van der Waals surface area contributed by atoms with Crippen molar-refractivity contribution in [3.05, 3.63) is 76.2 Å². The van der Waals surface area contributed by atoms with Gasteiger partial charge in [-0.1, -0.05) is 41.9 Å². The highest BCUT2D eigenvalue weighted by molar-refractivity contribution is 8.03. The van der Waals surface area contributed by atoms with Gasteiger partial charge in [0.1, 0.15) is 10.7 Å². The van der Waals surface area contributed by atoms with E-state index >= 15 is 0 Å². The lowest BCUT2D eigenvalue weighted by molar-refractivity contribution is -0.131. The van der Waals surface area contributed by atoms with E-state index in [1.807, 2.05) is 36.4 Å². The van der Waals surface area contributed by atoms with Crippen molar-refractivity contribution >= 4 is 46.2 Å². The molecule has 0 atom stereocenters. The van der Waals surface area contributed by atoms with Crippen LogP contribution in [0.25, 0.3) is 28.3 Å². The Kier molecular flexibility index (Phi) is 5.74. The number of hydrogen-bond donors (Lipinski definition) is 1. The van der Waals surface area contributed by atoms with Gasteiger partial charge in [0.2, 0.25) is 5.89 Å². The van der Waals surface area contributed by atoms with Crippen LogP contribution in [0.1, 0.15) is 5.56 Å². The van der Waals surface area contributed by atoms with Crippen LogP contribution in [0.2, 0.25) is 5.02 Å². The summed E-state index contributed by atoms with van der Waals surface area (Å²) in [5.74, 6) is -0.261. The molecule has 3 aromatic carbocycles. The maximum atomic E-state index is 11.9. The Morgan fingerprint density at radius 1 is 1.10 bits per heavy atom. The molecule has 0 spiro atoms. The monoisotopic (exact) mass is 438 g/mol. The largest absolute Gasteiger partial charge is 0.496 e. The molecular weight excluding hydrogens is 424 g/mol. The fraction of sp³-hybridized carbons (Fsp3) is 0.0455. The van der Waals surface area contributed by atoms with Crippen molar-refractivity contribution < 1.29 is 19.1 Å². The normalized spacial score (nSPS) is 11.6. The van der Waals surface area contributed by atoms with Gasteiger partial charge in [-0.05, 0) is 58.9 Å². The average molecular weight is 439 g/mol. The summed E-state index contributed by atoms with van der Waals surface area (Å²) < 4.78 is 11.1. The third kappa shape index (κ3) is 4.17. The SMILES string of the molecule is COc1ccc2ccccc2c1/C=C(\Sc1nnc(-c2ccc(Cl)cc2)o1)C(=O)O. The number of hydrogen-bond acceptors (Lipinski definition) is 6. The smallest absolute Gasteiger partial charge is 0.342 e. The number of aromatic nitrogens is 2. The van der Waals surface area contributed by atoms with Crippen LogP contribution in [0.4, 0.5) is 0 Å². The van der Waals surface area contributed by atoms with Crippen LogP contribution in [-0.2, 0) is 4.79 Å². The summed E-state index contributed by atoms with van der Waals surface area (Å²) in [5.41, 5.74) is 1.35. The lowest BCUT2D eigenvalue weighted by Crippen LogP contribution is -1.98. The van der Waals surface area contributed by atoms with E-state index in [1.54, 1.807) is 37.5 Å². The molecule has 1 N–H and O–H groups in total. The van der Waals surface area contributed by atoms with Gasteiger partial charge in [-0.3, -0.25) is 0 Å². The van der Waals surface area contributed by atoms with E-state index in [0.29, 0.717) is 21.9 Å². The van der Waals surface area contributed by atoms with Gasteiger partial charge in [-0.15, -0.1) is 10.2 Å². The summed E-state index contributed by atoms with van der Waals surface area (Å²) in [4.78, 5) is 11.9. The Bertz CT molecular complexity index is 1250. The molecule has 4 aromatic rings. The number of thioether (sulfide) groups is 1. The highest BCUT2D eigenvalue weighted by atomic mass is 35.5. The van der Waals surface area contributed by atoms with Crippen LogP contribution >= 0.6 is 23.4 Å². The second-order valence-corrected chi connectivity index (χ2v) is 7.63. The summed E-state index contributed by atoms with van der Waals surface area (Å²) in [5, 5.41) is 20.3. The maximum absolute atomic E-state index is 11.9. The molecule has 0 aliphatic carbocycles. The number of ether oxygens (including phenoxy) is 1. The Hall–Kier alpha value is -3.29. The predicted molar refractivity (Wildman–Crippen MR) is 117 cm³/mol. The van der Waals surface area contributed by atoms with Crippen LogP contribution in [0.15, 0.2) is 75.2 Å². The highest BCUT2D eigenvalue weighted by Gasteiger charge is 2.18. The molecule has 0 aliphatic heterocycles. The van der Waals surface area contributed by atoms with Crippen molar-refractivity contribution in [3.8, 4) is 17.2 Å². The van der Waals surface area contributed by atoms with Crippen LogP contribution < -0.4 is 4.74 Å². The molecule has 30 heavy (non-hydrogen) atoms. The summed E-state index contributed by atoms with van der Waals surface area (Å²) in [6, 6.07) is 18.3. The minimum atomic E-state index is -1.11. The lowest BCUT2D eigenvalue weighted by atomic mass is 10.0. The van der Waals surface area contributed by atoms with E-state index in [0.717, 1.165) is 22.5 Å². The van der Waals surface area contributed by atoms with Crippen molar-refractivity contribution in [2.75, 3.05) is 7.11 Å². The van der Waals surface area contributed by atoms with Gasteiger partial charge in [0, 0.05) is 16.1 Å². The van der Waals surface area contributed by atoms with Gasteiger partial charge in [-0.2, -0.15) is 0 Å². The minimum absolute atomic E-state index is 0.0240. The summed E-state index contributed by atoms with van der Waals surface area (Å²) >= 11 is 6.78. The number of carboxylic acid groups (broad SMARTS) is 1. The van der Waals surface area contributed by atoms with Crippen molar-refractivity contribution in [1.82, 2.24) is 10.2 Å². The number of carbonyl (C=O) groups is 1. The molecule has 4 rings (SSSR count). The van der Waals surface area contributed by atoms with Crippen LogP contribution in [0.3, 0.4) is 0 Å². The van der Waals surface area contributed by atoms with E-state index in [2.05, 4.69) is 10.2 Å². The number of aliphatic carboxylic acids is 1. The van der Waals surface area contributed by atoms with Crippen molar-refractivity contribution in [3.63, 3.8) is 0 Å². The number of methoxy groups -OCH3 is 1. The van der Waals surface area contributed by atoms with Crippen molar-refractivity contribution in [2.45, 2.75) is 5.22 Å². The zero-order chi connectivity index (χ0) is 21.1. The summed E-state index contributed by atoms with van der Waals surface area (Å²) in [6.45, 7) is 0. The van der Waals surface area contributed by atoms with E-state index < -0.39 is 5.97 Å². The standard InChI is InChI=1S/C22H15ClN2O4S/c1-28-18-11-8-13-4-2-3-5-16(13)17(18)12-19(21(26)27)30-22-25-24-20(29-22)14-6-9-15(23)10-7-14/h2-12H,1H3,(H,26,27)/b19-12-. The van der Waals surface area contributed by atoms with E-state index in [-0.39, 0.29) is 16.0 Å². The molecule has 1 aromatic heterocycles. The molecule has 150 valence electrons. The van der Waals surface area contributed by atoms with Crippen LogP contribution in [-0.4, -0.2) is 28.4 Å². The van der Waals surface area contributed by atoms with Crippen LogP contribution in [0, 0.1) is 0 Å². The second kappa shape index (κ2) is 8.61. The summed E-state index contributed by atoms with van der Waals surface area (Å²) in [6.07, 6.45) is 1.56. The van der Waals surface area contributed by atoms with Gasteiger partial charge in [0.25, 0.3) is 5.22 Å². The van der Waals surface area contributed by atoms with Gasteiger partial charge in [0.05, 0.1) is 7.11 Å². The molecule has 0 radical (unpaired) electrons. The molecule has 0 amide bonds. The van der Waals surface area contributed by atoms with Gasteiger partial charge in [-0.25, -0.2) is 4.79 Å². The number of rotatable bonds is 6. The van der Waals surface area contributed by atoms with E-state index in [4.69, 9.17) is 20.8 Å². The molecule has 0 fully saturated rings. The Morgan fingerprint density at radius 2 is 1.87 bits per heavy atom. The number of carboxylic acids is 1. The first-order chi connectivity index (χ1) is 14.5. The average Bonchev–Trinajstić information content (AvgIpc) is 3.22. The zero-order valence-electron chi connectivity index (χ0n) is 15.7. The first-order valence-corrected chi connectivity index (χ1v) is 10.0. The number of benzene rings is 3. The highest BCUT2D eigenvalue weighted by Crippen LogP contribution is 2.35. The molecular formula is C22H15ClN2O4S. The molecule has 0 saturated heterocycles. The Labute approximate surface area is 181 Å². The molecule has 1 heterocycles. The Balaban J connectivity index is 1.71. The predicted octanol–water partition coefficient (Wildman–Crippen LogP) is 5.77. The lowest BCUT2D eigenvalue weighted by Gasteiger charge is -2.10. The quantitative estimate of drug-likeness (QED) is 0.302. The second-order valence-electron chi connectivity index (χ2n) is 6.20.